The Hall–Kier alpha value is -1.52. The van der Waals surface area contributed by atoms with Gasteiger partial charge < -0.3 is 4.74 Å². The highest BCUT2D eigenvalue weighted by atomic mass is 35.5. The Morgan fingerprint density at radius 3 is 2.15 bits per heavy atom. The summed E-state index contributed by atoms with van der Waals surface area (Å²) in [5.74, 6) is 0.162. The molecule has 2 aromatic rings. The van der Waals surface area contributed by atoms with Gasteiger partial charge in [0, 0.05) is 25.2 Å². The van der Waals surface area contributed by atoms with E-state index in [1.54, 1.807) is 0 Å². The zero-order chi connectivity index (χ0) is 19.7. The molecule has 0 aliphatic carbocycles. The van der Waals surface area contributed by atoms with E-state index in [9.17, 15) is 16.8 Å². The summed E-state index contributed by atoms with van der Waals surface area (Å²) in [6.07, 6.45) is 0.969. The van der Waals surface area contributed by atoms with Crippen LogP contribution < -0.4 is 9.46 Å². The standard InChI is InChI=1S/C15H16Cl2N2O5S2/c1-19(2)26(22,23)11-5-6-13(18-25(3,20)21)15(9-11)24-14-7-4-10(16)8-12(14)17/h4-9,18H,1-3H3. The van der Waals surface area contributed by atoms with Gasteiger partial charge in [-0.05, 0) is 30.3 Å². The lowest BCUT2D eigenvalue weighted by Gasteiger charge is -2.16. The van der Waals surface area contributed by atoms with Crippen LogP contribution in [0.3, 0.4) is 0 Å². The molecule has 0 saturated carbocycles. The Labute approximate surface area is 162 Å². The van der Waals surface area contributed by atoms with E-state index in [-0.39, 0.29) is 27.1 Å². The fraction of sp³-hybridized carbons (Fsp3) is 0.200. The van der Waals surface area contributed by atoms with Crippen molar-refractivity contribution in [3.8, 4) is 11.5 Å². The van der Waals surface area contributed by atoms with Crippen LogP contribution in [0.25, 0.3) is 0 Å². The van der Waals surface area contributed by atoms with E-state index < -0.39 is 20.0 Å². The van der Waals surface area contributed by atoms with Gasteiger partial charge in [-0.1, -0.05) is 23.2 Å². The molecule has 0 amide bonds. The Balaban J connectivity index is 2.58. The highest BCUT2D eigenvalue weighted by Crippen LogP contribution is 2.37. The van der Waals surface area contributed by atoms with E-state index in [0.29, 0.717) is 5.02 Å². The molecule has 2 aromatic carbocycles. The first-order valence-electron chi connectivity index (χ1n) is 7.07. The van der Waals surface area contributed by atoms with E-state index in [1.807, 2.05) is 0 Å². The molecule has 0 unspecified atom stereocenters. The first-order chi connectivity index (χ1) is 11.9. The summed E-state index contributed by atoms with van der Waals surface area (Å²) in [6.45, 7) is 0. The van der Waals surface area contributed by atoms with Crippen LogP contribution in [0.1, 0.15) is 0 Å². The second-order valence-corrected chi connectivity index (χ2v) is 10.2. The predicted octanol–water partition coefficient (Wildman–Crippen LogP) is 3.41. The average Bonchev–Trinajstić information content (AvgIpc) is 2.49. The molecule has 0 heterocycles. The molecule has 2 rings (SSSR count). The summed E-state index contributed by atoms with van der Waals surface area (Å²) < 4.78 is 56.8. The van der Waals surface area contributed by atoms with E-state index >= 15 is 0 Å². The first-order valence-corrected chi connectivity index (χ1v) is 11.2. The van der Waals surface area contributed by atoms with Gasteiger partial charge in [0.25, 0.3) is 0 Å². The number of ether oxygens (including phenoxy) is 1. The molecule has 0 bridgehead atoms. The van der Waals surface area contributed by atoms with Crippen LogP contribution in [0.4, 0.5) is 5.69 Å². The molecule has 7 nitrogen and oxygen atoms in total. The van der Waals surface area contributed by atoms with Gasteiger partial charge >= 0.3 is 0 Å². The number of nitrogens with one attached hydrogen (secondary N) is 1. The number of anilines is 1. The summed E-state index contributed by atoms with van der Waals surface area (Å²) in [7, 11) is -4.60. The van der Waals surface area contributed by atoms with E-state index in [1.165, 1.54) is 50.5 Å². The number of rotatable bonds is 6. The Morgan fingerprint density at radius 2 is 1.62 bits per heavy atom. The minimum Gasteiger partial charge on any atom is -0.454 e. The molecule has 0 radical (unpaired) electrons. The largest absolute Gasteiger partial charge is 0.454 e. The maximum absolute atomic E-state index is 12.3. The van der Waals surface area contributed by atoms with Crippen molar-refractivity contribution in [2.75, 3.05) is 25.1 Å². The second kappa shape index (κ2) is 7.61. The van der Waals surface area contributed by atoms with Crippen molar-refractivity contribution in [1.29, 1.82) is 0 Å². The summed E-state index contributed by atoms with van der Waals surface area (Å²) in [4.78, 5) is -0.0679. The molecule has 1 N–H and O–H groups in total. The van der Waals surface area contributed by atoms with Crippen LogP contribution in [0.15, 0.2) is 41.3 Å². The molecule has 0 aliphatic rings. The normalized spacial score (nSPS) is 12.2. The second-order valence-electron chi connectivity index (χ2n) is 5.50. The molecule has 0 atom stereocenters. The van der Waals surface area contributed by atoms with Gasteiger partial charge in [-0.15, -0.1) is 0 Å². The maximum atomic E-state index is 12.3. The minimum atomic E-state index is -3.75. The van der Waals surface area contributed by atoms with Crippen LogP contribution in [-0.4, -0.2) is 41.5 Å². The van der Waals surface area contributed by atoms with Gasteiger partial charge in [-0.25, -0.2) is 21.1 Å². The van der Waals surface area contributed by atoms with Crippen LogP contribution in [-0.2, 0) is 20.0 Å². The van der Waals surface area contributed by atoms with E-state index in [0.717, 1.165) is 10.6 Å². The molecule has 0 saturated heterocycles. The third kappa shape index (κ3) is 5.01. The van der Waals surface area contributed by atoms with Gasteiger partial charge in [0.15, 0.2) is 5.75 Å². The lowest BCUT2D eigenvalue weighted by Crippen LogP contribution is -2.22. The molecule has 0 spiro atoms. The highest BCUT2D eigenvalue weighted by Gasteiger charge is 2.21. The fourth-order valence-electron chi connectivity index (χ4n) is 1.92. The first kappa shape index (κ1) is 20.8. The number of hydrogen-bond acceptors (Lipinski definition) is 5. The van der Waals surface area contributed by atoms with Crippen LogP contribution in [0, 0.1) is 0 Å². The van der Waals surface area contributed by atoms with Crippen molar-refractivity contribution >= 4 is 48.9 Å². The van der Waals surface area contributed by atoms with E-state index in [4.69, 9.17) is 27.9 Å². The molecule has 26 heavy (non-hydrogen) atoms. The molecular weight excluding hydrogens is 423 g/mol. The van der Waals surface area contributed by atoms with Crippen molar-refractivity contribution in [1.82, 2.24) is 4.31 Å². The molecule has 11 heteroatoms. The number of nitrogens with zero attached hydrogens (tertiary/aromatic N) is 1. The summed E-state index contributed by atoms with van der Waals surface area (Å²) in [5.41, 5.74) is 0.0659. The number of halogens is 2. The van der Waals surface area contributed by atoms with Gasteiger partial charge in [-0.3, -0.25) is 4.72 Å². The number of benzene rings is 2. The monoisotopic (exact) mass is 438 g/mol. The Kier molecular flexibility index (Phi) is 6.09. The summed E-state index contributed by atoms with van der Waals surface area (Å²) in [5, 5.41) is 0.574. The quantitative estimate of drug-likeness (QED) is 0.745. The van der Waals surface area contributed by atoms with Gasteiger partial charge in [0.05, 0.1) is 21.9 Å². The average molecular weight is 439 g/mol. The van der Waals surface area contributed by atoms with Gasteiger partial charge in [0.1, 0.15) is 5.75 Å². The predicted molar refractivity (Wildman–Crippen MR) is 102 cm³/mol. The summed E-state index contributed by atoms with van der Waals surface area (Å²) in [6, 6.07) is 8.26. The van der Waals surface area contributed by atoms with Crippen LogP contribution >= 0.6 is 23.2 Å². The minimum absolute atomic E-state index is 0.0254. The zero-order valence-corrected chi connectivity index (χ0v) is 17.2. The number of hydrogen-bond donors (Lipinski definition) is 1. The Bertz CT molecular complexity index is 1040. The lowest BCUT2D eigenvalue weighted by molar-refractivity contribution is 0.481. The zero-order valence-electron chi connectivity index (χ0n) is 14.0. The van der Waals surface area contributed by atoms with Crippen molar-refractivity contribution in [2.24, 2.45) is 0 Å². The molecule has 0 fully saturated rings. The van der Waals surface area contributed by atoms with Crippen molar-refractivity contribution in [2.45, 2.75) is 4.90 Å². The summed E-state index contributed by atoms with van der Waals surface area (Å²) >= 11 is 11.9. The molecule has 0 aliphatic heterocycles. The maximum Gasteiger partial charge on any atom is 0.242 e. The smallest absolute Gasteiger partial charge is 0.242 e. The third-order valence-corrected chi connectivity index (χ3v) is 6.07. The van der Waals surface area contributed by atoms with Gasteiger partial charge in [0.2, 0.25) is 20.0 Å². The van der Waals surface area contributed by atoms with Crippen molar-refractivity contribution < 1.29 is 21.6 Å². The highest BCUT2D eigenvalue weighted by molar-refractivity contribution is 7.92. The van der Waals surface area contributed by atoms with E-state index in [2.05, 4.69) is 4.72 Å². The van der Waals surface area contributed by atoms with Crippen molar-refractivity contribution in [3.63, 3.8) is 0 Å². The molecule has 142 valence electrons. The van der Waals surface area contributed by atoms with Crippen molar-refractivity contribution in [3.05, 3.63) is 46.4 Å². The molecule has 0 aromatic heterocycles. The SMILES string of the molecule is CN(C)S(=O)(=O)c1ccc(NS(C)(=O)=O)c(Oc2ccc(Cl)cc2Cl)c1. The fourth-order valence-corrected chi connectivity index (χ4v) is 3.85. The lowest BCUT2D eigenvalue weighted by atomic mass is 10.3. The third-order valence-electron chi connectivity index (χ3n) is 3.14. The number of sulfonamides is 2. The topological polar surface area (TPSA) is 92.8 Å². The van der Waals surface area contributed by atoms with Crippen LogP contribution in [0.2, 0.25) is 10.0 Å². The van der Waals surface area contributed by atoms with Gasteiger partial charge in [-0.2, -0.15) is 0 Å². The molecular formula is C15H16Cl2N2O5S2. The van der Waals surface area contributed by atoms with Crippen LogP contribution in [0.5, 0.6) is 11.5 Å². The Morgan fingerprint density at radius 1 is 0.962 bits per heavy atom.